The van der Waals surface area contributed by atoms with Crippen LogP contribution in [0.15, 0.2) is 36.8 Å². The van der Waals surface area contributed by atoms with E-state index in [1.54, 1.807) is 7.11 Å². The highest BCUT2D eigenvalue weighted by atomic mass is 16.5. The average molecular weight is 285 g/mol. The molecule has 1 aromatic carbocycles. The molecule has 1 saturated heterocycles. The molecule has 2 heterocycles. The van der Waals surface area contributed by atoms with Crippen LogP contribution < -0.4 is 10.1 Å². The smallest absolute Gasteiger partial charge is 0.122 e. The molecule has 1 aromatic heterocycles. The summed E-state index contributed by atoms with van der Waals surface area (Å²) in [5.41, 5.74) is 2.56. The van der Waals surface area contributed by atoms with E-state index in [-0.39, 0.29) is 0 Å². The molecule has 21 heavy (non-hydrogen) atoms. The third-order valence-electron chi connectivity index (χ3n) is 4.23. The van der Waals surface area contributed by atoms with Crippen LogP contribution in [-0.2, 0) is 13.0 Å². The summed E-state index contributed by atoms with van der Waals surface area (Å²) < 4.78 is 7.70. The Bertz CT molecular complexity index is 573. The highest BCUT2D eigenvalue weighted by Gasteiger charge is 2.18. The Balaban J connectivity index is 1.69. The van der Waals surface area contributed by atoms with Crippen LogP contribution in [0.25, 0.3) is 0 Å². The molecule has 112 valence electrons. The maximum Gasteiger partial charge on any atom is 0.122 e. The Morgan fingerprint density at radius 3 is 3.05 bits per heavy atom. The number of ether oxygens (including phenoxy) is 1. The maximum absolute atomic E-state index is 5.42. The topological polar surface area (TPSA) is 39.1 Å². The summed E-state index contributed by atoms with van der Waals surface area (Å²) in [4.78, 5) is 4.34. The van der Waals surface area contributed by atoms with Gasteiger partial charge in [-0.15, -0.1) is 0 Å². The molecular weight excluding hydrogens is 262 g/mol. The minimum absolute atomic E-state index is 0.457. The van der Waals surface area contributed by atoms with E-state index in [4.69, 9.17) is 4.74 Å². The Labute approximate surface area is 126 Å². The number of aryl methyl sites for hydroxylation is 2. The van der Waals surface area contributed by atoms with E-state index in [1.807, 2.05) is 24.7 Å². The van der Waals surface area contributed by atoms with Crippen molar-refractivity contribution in [3.05, 3.63) is 48.0 Å². The molecule has 1 N–H and O–H groups in total. The summed E-state index contributed by atoms with van der Waals surface area (Å²) in [5.74, 6) is 0.968. The fourth-order valence-corrected chi connectivity index (χ4v) is 3.06. The number of hydrogen-bond donors (Lipinski definition) is 1. The van der Waals surface area contributed by atoms with Crippen molar-refractivity contribution in [3.8, 4) is 5.75 Å². The second-order valence-corrected chi connectivity index (χ2v) is 5.58. The van der Waals surface area contributed by atoms with Crippen LogP contribution in [0.4, 0.5) is 0 Å². The van der Waals surface area contributed by atoms with Gasteiger partial charge >= 0.3 is 0 Å². The van der Waals surface area contributed by atoms with Crippen molar-refractivity contribution < 1.29 is 4.74 Å². The van der Waals surface area contributed by atoms with Crippen molar-refractivity contribution in [3.63, 3.8) is 0 Å². The molecule has 0 radical (unpaired) electrons. The zero-order chi connectivity index (χ0) is 14.5. The zero-order valence-corrected chi connectivity index (χ0v) is 12.6. The largest absolute Gasteiger partial charge is 0.496 e. The first-order valence-corrected chi connectivity index (χ1v) is 7.74. The van der Waals surface area contributed by atoms with E-state index < -0.39 is 0 Å². The predicted molar refractivity (Wildman–Crippen MR) is 83.5 cm³/mol. The van der Waals surface area contributed by atoms with Gasteiger partial charge in [-0.3, -0.25) is 0 Å². The third kappa shape index (κ3) is 3.27. The highest BCUT2D eigenvalue weighted by molar-refractivity contribution is 5.33. The van der Waals surface area contributed by atoms with Crippen LogP contribution in [0.5, 0.6) is 5.75 Å². The van der Waals surface area contributed by atoms with E-state index in [1.165, 1.54) is 30.5 Å². The minimum atomic E-state index is 0.457. The molecule has 2 aromatic rings. The Hall–Kier alpha value is -1.81. The number of hydrogen-bond acceptors (Lipinski definition) is 3. The summed E-state index contributed by atoms with van der Waals surface area (Å²) in [5, 5.41) is 3.60. The van der Waals surface area contributed by atoms with E-state index in [9.17, 15) is 0 Å². The molecule has 1 fully saturated rings. The molecule has 4 nitrogen and oxygen atoms in total. The number of nitrogens with one attached hydrogen (secondary N) is 1. The van der Waals surface area contributed by atoms with Gasteiger partial charge in [0.1, 0.15) is 5.75 Å². The van der Waals surface area contributed by atoms with Crippen molar-refractivity contribution in [1.29, 1.82) is 0 Å². The predicted octanol–water partition coefficient (Wildman–Crippen LogP) is 2.95. The lowest BCUT2D eigenvalue weighted by Gasteiger charge is -2.24. The lowest BCUT2D eigenvalue weighted by molar-refractivity contribution is 0.391. The second-order valence-electron chi connectivity index (χ2n) is 5.58. The minimum Gasteiger partial charge on any atom is -0.496 e. The molecule has 3 rings (SSSR count). The van der Waals surface area contributed by atoms with Gasteiger partial charge in [-0.05, 0) is 37.4 Å². The lowest BCUT2D eigenvalue weighted by Crippen LogP contribution is -2.28. The van der Waals surface area contributed by atoms with E-state index in [0.29, 0.717) is 6.04 Å². The van der Waals surface area contributed by atoms with Crippen LogP contribution in [0, 0.1) is 0 Å². The molecule has 1 atom stereocenters. The van der Waals surface area contributed by atoms with Crippen molar-refractivity contribution in [1.82, 2.24) is 14.9 Å². The Morgan fingerprint density at radius 2 is 2.24 bits per heavy atom. The SMILES string of the molecule is COc1ccccc1CCn1cncc1C1CCCCN1. The number of methoxy groups -OCH3 is 1. The molecule has 1 aliphatic rings. The molecule has 0 bridgehead atoms. The highest BCUT2D eigenvalue weighted by Crippen LogP contribution is 2.24. The molecule has 1 aliphatic heterocycles. The summed E-state index contributed by atoms with van der Waals surface area (Å²) >= 11 is 0. The lowest BCUT2D eigenvalue weighted by atomic mass is 10.0. The molecule has 0 aliphatic carbocycles. The van der Waals surface area contributed by atoms with E-state index >= 15 is 0 Å². The second kappa shape index (κ2) is 6.76. The summed E-state index contributed by atoms with van der Waals surface area (Å²) in [6, 6.07) is 8.69. The Morgan fingerprint density at radius 1 is 1.33 bits per heavy atom. The van der Waals surface area contributed by atoms with Gasteiger partial charge in [-0.2, -0.15) is 0 Å². The molecule has 4 heteroatoms. The third-order valence-corrected chi connectivity index (χ3v) is 4.23. The number of benzene rings is 1. The fraction of sp³-hybridized carbons (Fsp3) is 0.471. The number of piperidine rings is 1. The Kier molecular flexibility index (Phi) is 4.55. The number of rotatable bonds is 5. The van der Waals surface area contributed by atoms with Crippen LogP contribution in [-0.4, -0.2) is 23.2 Å². The van der Waals surface area contributed by atoms with Gasteiger partial charge in [0.05, 0.1) is 19.1 Å². The van der Waals surface area contributed by atoms with Crippen molar-refractivity contribution >= 4 is 0 Å². The van der Waals surface area contributed by atoms with Crippen LogP contribution in [0.2, 0.25) is 0 Å². The van der Waals surface area contributed by atoms with Gasteiger partial charge < -0.3 is 14.6 Å². The van der Waals surface area contributed by atoms with Gasteiger partial charge in [0.25, 0.3) is 0 Å². The van der Waals surface area contributed by atoms with E-state index in [2.05, 4.69) is 27.0 Å². The van der Waals surface area contributed by atoms with Crippen LogP contribution >= 0.6 is 0 Å². The van der Waals surface area contributed by atoms with Gasteiger partial charge in [-0.1, -0.05) is 24.6 Å². The molecular formula is C17H23N3O. The van der Waals surface area contributed by atoms with Crippen molar-refractivity contribution in [2.24, 2.45) is 0 Å². The summed E-state index contributed by atoms with van der Waals surface area (Å²) in [7, 11) is 1.73. The number of aromatic nitrogens is 2. The zero-order valence-electron chi connectivity index (χ0n) is 12.6. The first kappa shape index (κ1) is 14.1. The van der Waals surface area contributed by atoms with Gasteiger partial charge in [0, 0.05) is 18.8 Å². The molecule has 0 amide bonds. The first-order valence-electron chi connectivity index (χ1n) is 7.74. The number of para-hydroxylation sites is 1. The fourth-order valence-electron chi connectivity index (χ4n) is 3.06. The van der Waals surface area contributed by atoms with Crippen LogP contribution in [0.3, 0.4) is 0 Å². The number of nitrogens with zero attached hydrogens (tertiary/aromatic N) is 2. The van der Waals surface area contributed by atoms with Crippen molar-refractivity contribution in [2.75, 3.05) is 13.7 Å². The van der Waals surface area contributed by atoms with Crippen LogP contribution in [0.1, 0.15) is 36.6 Å². The van der Waals surface area contributed by atoms with Gasteiger partial charge in [0.2, 0.25) is 0 Å². The molecule has 1 unspecified atom stereocenters. The quantitative estimate of drug-likeness (QED) is 0.918. The summed E-state index contributed by atoms with van der Waals surface area (Å²) in [6.45, 7) is 2.05. The van der Waals surface area contributed by atoms with Crippen molar-refractivity contribution in [2.45, 2.75) is 38.3 Å². The average Bonchev–Trinajstić information content (AvgIpc) is 3.02. The summed E-state index contributed by atoms with van der Waals surface area (Å²) in [6.07, 6.45) is 8.70. The van der Waals surface area contributed by atoms with Gasteiger partial charge in [0.15, 0.2) is 0 Å². The van der Waals surface area contributed by atoms with Gasteiger partial charge in [-0.25, -0.2) is 4.98 Å². The molecule has 0 saturated carbocycles. The maximum atomic E-state index is 5.42. The number of imidazole rings is 1. The normalized spacial score (nSPS) is 18.6. The van der Waals surface area contributed by atoms with E-state index in [0.717, 1.165) is 25.3 Å². The standard InChI is InChI=1S/C17H23N3O/c1-21-17-8-3-2-6-14(17)9-11-20-13-18-12-16(20)15-7-4-5-10-19-15/h2-3,6,8,12-13,15,19H,4-5,7,9-11H2,1H3. The molecule has 0 spiro atoms. The monoisotopic (exact) mass is 285 g/mol. The first-order chi connectivity index (χ1) is 10.4.